The smallest absolute Gasteiger partial charge is 0.410 e. The van der Waals surface area contributed by atoms with E-state index in [1.165, 1.54) is 4.90 Å². The third-order valence-corrected chi connectivity index (χ3v) is 4.61. The van der Waals surface area contributed by atoms with Gasteiger partial charge in [0.2, 0.25) is 0 Å². The van der Waals surface area contributed by atoms with Gasteiger partial charge in [-0.25, -0.2) is 4.79 Å². The predicted molar refractivity (Wildman–Crippen MR) is 89.1 cm³/mol. The van der Waals surface area contributed by atoms with E-state index < -0.39 is 40.9 Å². The van der Waals surface area contributed by atoms with Crippen molar-refractivity contribution in [3.8, 4) is 0 Å². The van der Waals surface area contributed by atoms with Crippen LogP contribution in [0.25, 0.3) is 0 Å². The molecule has 1 aromatic carbocycles. The Labute approximate surface area is 147 Å². The van der Waals surface area contributed by atoms with Gasteiger partial charge in [0, 0.05) is 12.5 Å². The maximum atomic E-state index is 12.1. The highest BCUT2D eigenvalue weighted by molar-refractivity contribution is 7.85. The Bertz CT molecular complexity index is 664. The Morgan fingerprint density at radius 2 is 2.04 bits per heavy atom. The number of piperidine rings is 1. The van der Waals surface area contributed by atoms with Gasteiger partial charge >= 0.3 is 6.09 Å². The van der Waals surface area contributed by atoms with Crippen LogP contribution in [0.3, 0.4) is 0 Å². The van der Waals surface area contributed by atoms with E-state index in [1.807, 2.05) is 30.3 Å². The highest BCUT2D eigenvalue weighted by Gasteiger charge is 2.35. The van der Waals surface area contributed by atoms with Crippen molar-refractivity contribution in [1.82, 2.24) is 4.90 Å². The third-order valence-electron chi connectivity index (χ3n) is 4.04. The second kappa shape index (κ2) is 8.61. The highest BCUT2D eigenvalue weighted by Crippen LogP contribution is 2.22. The van der Waals surface area contributed by atoms with Crippen molar-refractivity contribution >= 4 is 16.2 Å². The molecule has 140 valence electrons. The van der Waals surface area contributed by atoms with E-state index in [4.69, 9.17) is 4.74 Å². The monoisotopic (exact) mass is 373 g/mol. The minimum absolute atomic E-state index is 0.00816. The minimum atomic E-state index is -3.66. The third kappa shape index (κ3) is 6.28. The van der Waals surface area contributed by atoms with Crippen molar-refractivity contribution in [2.75, 3.05) is 26.0 Å². The summed E-state index contributed by atoms with van der Waals surface area (Å²) >= 11 is 0. The Balaban J connectivity index is 1.80. The quantitative estimate of drug-likeness (QED) is 0.692. The van der Waals surface area contributed by atoms with Crippen molar-refractivity contribution < 1.29 is 32.3 Å². The summed E-state index contributed by atoms with van der Waals surface area (Å²) in [5.41, 5.74) is 0.861. The van der Waals surface area contributed by atoms with Gasteiger partial charge in [-0.3, -0.25) is 4.18 Å². The van der Waals surface area contributed by atoms with Gasteiger partial charge in [0.15, 0.2) is 0 Å². The number of aliphatic hydroxyl groups is 2. The molecule has 0 aliphatic carbocycles. The molecule has 0 unspecified atom stereocenters. The lowest BCUT2D eigenvalue weighted by molar-refractivity contribution is -0.0499. The number of likely N-dealkylation sites (tertiary alicyclic amines) is 1. The first-order valence-electron chi connectivity index (χ1n) is 7.92. The van der Waals surface area contributed by atoms with Gasteiger partial charge in [-0.05, 0) is 12.0 Å². The zero-order chi connectivity index (χ0) is 18.4. The zero-order valence-electron chi connectivity index (χ0n) is 13.9. The van der Waals surface area contributed by atoms with Crippen LogP contribution in [0.1, 0.15) is 12.0 Å². The van der Waals surface area contributed by atoms with Crippen molar-refractivity contribution in [2.24, 2.45) is 5.92 Å². The molecule has 1 saturated heterocycles. The average Bonchev–Trinajstić information content (AvgIpc) is 2.57. The Morgan fingerprint density at radius 1 is 1.36 bits per heavy atom. The van der Waals surface area contributed by atoms with Gasteiger partial charge in [0.25, 0.3) is 10.1 Å². The Morgan fingerprint density at radius 3 is 2.64 bits per heavy atom. The molecule has 1 fully saturated rings. The van der Waals surface area contributed by atoms with Crippen LogP contribution in [-0.2, 0) is 25.6 Å². The largest absolute Gasteiger partial charge is 0.445 e. The second-order valence-corrected chi connectivity index (χ2v) is 7.71. The number of β-amino-alcohol motifs (C(OH)–C–C–N with tert-alkyl or cyclic N) is 1. The lowest BCUT2D eigenvalue weighted by Gasteiger charge is -2.37. The van der Waals surface area contributed by atoms with E-state index >= 15 is 0 Å². The Hall–Kier alpha value is -1.68. The normalized spacial score (nSPS) is 22.4. The van der Waals surface area contributed by atoms with Gasteiger partial charge in [-0.15, -0.1) is 0 Å². The van der Waals surface area contributed by atoms with E-state index in [-0.39, 0.29) is 13.2 Å². The molecule has 1 heterocycles. The van der Waals surface area contributed by atoms with Crippen LogP contribution in [0.4, 0.5) is 4.79 Å². The molecule has 0 radical (unpaired) electrons. The molecule has 0 bridgehead atoms. The molecular formula is C16H23NO7S. The number of hydrogen-bond donors (Lipinski definition) is 2. The number of carbonyl (C=O) groups excluding carboxylic acids is 1. The maximum Gasteiger partial charge on any atom is 0.410 e. The van der Waals surface area contributed by atoms with Crippen LogP contribution < -0.4 is 0 Å². The van der Waals surface area contributed by atoms with Crippen LogP contribution in [0, 0.1) is 5.92 Å². The summed E-state index contributed by atoms with van der Waals surface area (Å²) in [4.78, 5) is 13.4. The molecule has 8 nitrogen and oxygen atoms in total. The molecule has 1 aromatic rings. The number of rotatable bonds is 6. The van der Waals surface area contributed by atoms with Crippen LogP contribution in [-0.4, -0.2) is 67.8 Å². The highest BCUT2D eigenvalue weighted by atomic mass is 32.2. The van der Waals surface area contributed by atoms with Crippen molar-refractivity contribution in [1.29, 1.82) is 0 Å². The zero-order valence-corrected chi connectivity index (χ0v) is 14.8. The van der Waals surface area contributed by atoms with Crippen LogP contribution in [0.2, 0.25) is 0 Å². The molecule has 0 spiro atoms. The fourth-order valence-electron chi connectivity index (χ4n) is 2.69. The molecule has 1 aliphatic rings. The van der Waals surface area contributed by atoms with Crippen LogP contribution >= 0.6 is 0 Å². The fourth-order valence-corrected chi connectivity index (χ4v) is 3.08. The number of amides is 1. The number of benzene rings is 1. The van der Waals surface area contributed by atoms with Gasteiger partial charge in [-0.2, -0.15) is 8.42 Å². The first-order chi connectivity index (χ1) is 11.8. The van der Waals surface area contributed by atoms with Crippen LogP contribution in [0.15, 0.2) is 30.3 Å². The lowest BCUT2D eigenvalue weighted by atomic mass is 9.89. The van der Waals surface area contributed by atoms with E-state index in [0.29, 0.717) is 13.0 Å². The second-order valence-electron chi connectivity index (χ2n) is 6.06. The Kier molecular flexibility index (Phi) is 6.77. The summed E-state index contributed by atoms with van der Waals surface area (Å²) < 4.78 is 31.7. The topological polar surface area (TPSA) is 113 Å². The van der Waals surface area contributed by atoms with Gasteiger partial charge in [0.1, 0.15) is 6.61 Å². The molecule has 1 aliphatic heterocycles. The molecule has 2 N–H and O–H groups in total. The molecule has 0 aromatic heterocycles. The predicted octanol–water partition coefficient (Wildman–Crippen LogP) is 0.343. The van der Waals surface area contributed by atoms with E-state index in [0.717, 1.165) is 11.8 Å². The van der Waals surface area contributed by atoms with Crippen LogP contribution in [0.5, 0.6) is 0 Å². The SMILES string of the molecule is CS(=O)(=O)OC[C@@H](O)[C@@H]1CCN(C(=O)OCc2ccccc2)C[C@H]1O. The van der Waals surface area contributed by atoms with Crippen molar-refractivity contribution in [2.45, 2.75) is 25.2 Å². The number of carbonyl (C=O) groups is 1. The lowest BCUT2D eigenvalue weighted by Crippen LogP contribution is -2.50. The van der Waals surface area contributed by atoms with E-state index in [2.05, 4.69) is 4.18 Å². The van der Waals surface area contributed by atoms with E-state index in [9.17, 15) is 23.4 Å². The van der Waals surface area contributed by atoms with Crippen molar-refractivity contribution in [3.05, 3.63) is 35.9 Å². The summed E-state index contributed by atoms with van der Waals surface area (Å²) in [5.74, 6) is -0.570. The molecule has 9 heteroatoms. The average molecular weight is 373 g/mol. The van der Waals surface area contributed by atoms with Gasteiger partial charge < -0.3 is 19.8 Å². The maximum absolute atomic E-state index is 12.1. The first kappa shape index (κ1) is 19.6. The molecule has 0 saturated carbocycles. The summed E-state index contributed by atoms with van der Waals surface area (Å²) in [6.45, 7) is 0.0268. The molecule has 2 rings (SSSR count). The first-order valence-corrected chi connectivity index (χ1v) is 9.74. The number of ether oxygens (including phenoxy) is 1. The molecule has 1 amide bonds. The summed E-state index contributed by atoms with van der Waals surface area (Å²) in [6, 6.07) is 9.24. The molecule has 3 atom stereocenters. The van der Waals surface area contributed by atoms with E-state index in [1.54, 1.807) is 0 Å². The number of nitrogens with zero attached hydrogens (tertiary/aromatic N) is 1. The summed E-state index contributed by atoms with van der Waals surface area (Å²) in [6.07, 6.45) is -1.45. The fraction of sp³-hybridized carbons (Fsp3) is 0.562. The molecular weight excluding hydrogens is 350 g/mol. The minimum Gasteiger partial charge on any atom is -0.445 e. The van der Waals surface area contributed by atoms with Crippen molar-refractivity contribution in [3.63, 3.8) is 0 Å². The van der Waals surface area contributed by atoms with Gasteiger partial charge in [-0.1, -0.05) is 30.3 Å². The summed E-state index contributed by atoms with van der Waals surface area (Å²) in [5, 5.41) is 20.2. The number of hydrogen-bond acceptors (Lipinski definition) is 7. The molecule has 25 heavy (non-hydrogen) atoms. The summed E-state index contributed by atoms with van der Waals surface area (Å²) in [7, 11) is -3.66. The standard InChI is InChI=1S/C16H23NO7S/c1-25(21,22)24-11-15(19)13-7-8-17(9-14(13)18)16(20)23-10-12-5-3-2-4-6-12/h2-6,13-15,18-19H,7-11H2,1H3/t13-,14-,15-/m1/s1. The van der Waals surface area contributed by atoms with Gasteiger partial charge in [0.05, 0.1) is 31.6 Å². The number of aliphatic hydroxyl groups excluding tert-OH is 2.